The molecule has 2 aliphatic carbocycles. The van der Waals surface area contributed by atoms with Gasteiger partial charge in [0, 0.05) is 21.7 Å². The molecule has 1 aromatic heterocycles. The minimum atomic E-state index is -0.391. The zero-order chi connectivity index (χ0) is 24.6. The molecule has 9 heteroatoms. The molecular weight excluding hydrogens is 494 g/mol. The second-order valence-electron chi connectivity index (χ2n) is 10.0. The van der Waals surface area contributed by atoms with Crippen LogP contribution in [-0.4, -0.2) is 39.4 Å². The van der Waals surface area contributed by atoms with Crippen LogP contribution in [0.5, 0.6) is 0 Å². The monoisotopic (exact) mass is 517 g/mol. The molecule has 1 saturated heterocycles. The molecule has 2 aromatic carbocycles. The molecule has 3 heterocycles. The molecule has 7 nitrogen and oxygen atoms in total. The topological polar surface area (TPSA) is 99.3 Å². The summed E-state index contributed by atoms with van der Waals surface area (Å²) in [6.45, 7) is -0.260. The molecule has 2 N–H and O–H groups in total. The van der Waals surface area contributed by atoms with Crippen molar-refractivity contribution in [2.24, 2.45) is 29.6 Å². The van der Waals surface area contributed by atoms with Gasteiger partial charge in [-0.3, -0.25) is 24.1 Å². The summed E-state index contributed by atoms with van der Waals surface area (Å²) in [5, 5.41) is 3.83. The second-order valence-corrected chi connectivity index (χ2v) is 12.3. The molecule has 2 saturated carbocycles. The van der Waals surface area contributed by atoms with Crippen LogP contribution in [0.15, 0.2) is 70.5 Å². The Balaban J connectivity index is 1.20. The quantitative estimate of drug-likeness (QED) is 0.516. The minimum Gasteiger partial charge on any atom is -0.325 e. The Morgan fingerprint density at radius 1 is 0.944 bits per heavy atom. The van der Waals surface area contributed by atoms with Crippen molar-refractivity contribution < 1.29 is 14.4 Å². The highest BCUT2D eigenvalue weighted by molar-refractivity contribution is 8.00. The van der Waals surface area contributed by atoms with Gasteiger partial charge in [-0.25, -0.2) is 0 Å². The van der Waals surface area contributed by atoms with E-state index in [0.717, 1.165) is 21.9 Å². The van der Waals surface area contributed by atoms with Crippen LogP contribution in [0.25, 0.3) is 0 Å². The number of anilines is 1. The smallest absolute Gasteiger partial charge is 0.305 e. The minimum absolute atomic E-state index is 0.0191. The number of fused-ring (bicyclic) bond motifs is 9. The number of hydrogen-bond acceptors (Lipinski definition) is 6. The zero-order valence-corrected chi connectivity index (χ0v) is 20.8. The number of amides is 3. The average molecular weight is 518 g/mol. The van der Waals surface area contributed by atoms with Crippen LogP contribution in [0, 0.1) is 29.6 Å². The summed E-state index contributed by atoms with van der Waals surface area (Å²) in [5.41, 5.74) is 1.78. The van der Waals surface area contributed by atoms with Gasteiger partial charge in [-0.1, -0.05) is 59.9 Å². The molecule has 36 heavy (non-hydrogen) atoms. The number of carbonyl (C=O) groups excluding carboxylic acids is 3. The third-order valence-corrected chi connectivity index (χ3v) is 10.9. The van der Waals surface area contributed by atoms with E-state index in [4.69, 9.17) is 0 Å². The molecule has 2 bridgehead atoms. The van der Waals surface area contributed by atoms with Crippen molar-refractivity contribution in [3.63, 3.8) is 0 Å². The lowest BCUT2D eigenvalue weighted by Crippen LogP contribution is -2.42. The lowest BCUT2D eigenvalue weighted by Gasteiger charge is -2.43. The maximum absolute atomic E-state index is 13.6. The van der Waals surface area contributed by atoms with E-state index < -0.39 is 5.92 Å². The first-order chi connectivity index (χ1) is 17.5. The number of thiazole rings is 1. The number of carbonyl (C=O) groups is 3. The van der Waals surface area contributed by atoms with Crippen LogP contribution in [0.2, 0.25) is 0 Å². The molecule has 7 rings (SSSR count). The number of para-hydroxylation sites is 1. The van der Waals surface area contributed by atoms with Gasteiger partial charge >= 0.3 is 4.87 Å². The molecule has 2 aliphatic heterocycles. The van der Waals surface area contributed by atoms with Crippen LogP contribution in [0.3, 0.4) is 0 Å². The Bertz CT molecular complexity index is 1440. The standard InChI is InChI=1S/C27H23N3O4S2/c31-17(28-14-9-5-2-6-10-14)12-30-25(32)20-15-11-16(21(20)26(30)33)22-19(15)18(13-7-3-1-4-8-13)23-24(35-22)29-27(34)36-23/h1-10,15-16,18-22H,11-12H2,(H,28,31)(H,29,34). The van der Waals surface area contributed by atoms with E-state index in [2.05, 4.69) is 22.4 Å². The Morgan fingerprint density at radius 2 is 1.61 bits per heavy atom. The number of hydrogen-bond donors (Lipinski definition) is 2. The van der Waals surface area contributed by atoms with E-state index in [0.29, 0.717) is 5.69 Å². The summed E-state index contributed by atoms with van der Waals surface area (Å²) in [6.07, 6.45) is 0.835. The van der Waals surface area contributed by atoms with Crippen molar-refractivity contribution in [2.45, 2.75) is 22.6 Å². The number of nitrogens with zero attached hydrogens (tertiary/aromatic N) is 1. The summed E-state index contributed by atoms with van der Waals surface area (Å²) in [4.78, 5) is 57.3. The summed E-state index contributed by atoms with van der Waals surface area (Å²) < 4.78 is 0. The highest BCUT2D eigenvalue weighted by Gasteiger charge is 2.69. The number of aromatic nitrogens is 1. The van der Waals surface area contributed by atoms with Crippen LogP contribution in [-0.2, 0) is 14.4 Å². The van der Waals surface area contributed by atoms with Crippen LogP contribution >= 0.6 is 23.1 Å². The van der Waals surface area contributed by atoms with Gasteiger partial charge in [0.25, 0.3) is 0 Å². The van der Waals surface area contributed by atoms with Crippen molar-refractivity contribution in [3.8, 4) is 0 Å². The summed E-state index contributed by atoms with van der Waals surface area (Å²) in [5.74, 6) is -1.30. The molecular formula is C27H23N3O4S2. The van der Waals surface area contributed by atoms with Gasteiger partial charge in [-0.15, -0.1) is 11.8 Å². The fourth-order valence-electron chi connectivity index (χ4n) is 7.13. The number of benzene rings is 2. The second kappa shape index (κ2) is 8.18. The Labute approximate surface area is 215 Å². The molecule has 3 amide bonds. The van der Waals surface area contributed by atoms with Crippen molar-refractivity contribution in [1.29, 1.82) is 0 Å². The SMILES string of the molecule is O=C(CN1C(=O)C2C3CC(C2C1=O)C1C(c2ccccc2)c2sc(=O)[nH]c2SC31)Nc1ccccc1. The van der Waals surface area contributed by atoms with Crippen LogP contribution in [0.4, 0.5) is 5.69 Å². The molecule has 0 radical (unpaired) electrons. The first-order valence-electron chi connectivity index (χ1n) is 12.2. The molecule has 0 spiro atoms. The van der Waals surface area contributed by atoms with Crippen molar-refractivity contribution in [3.05, 3.63) is 80.8 Å². The predicted molar refractivity (Wildman–Crippen MR) is 137 cm³/mol. The lowest BCUT2D eigenvalue weighted by atomic mass is 9.68. The van der Waals surface area contributed by atoms with Gasteiger partial charge in [-0.2, -0.15) is 0 Å². The zero-order valence-electron chi connectivity index (χ0n) is 19.1. The normalized spacial score (nSPS) is 31.8. The highest BCUT2D eigenvalue weighted by atomic mass is 32.2. The van der Waals surface area contributed by atoms with Gasteiger partial charge in [0.05, 0.1) is 16.9 Å². The fourth-order valence-corrected chi connectivity index (χ4v) is 10.0. The highest BCUT2D eigenvalue weighted by Crippen LogP contribution is 2.68. The van der Waals surface area contributed by atoms with E-state index >= 15 is 0 Å². The summed E-state index contributed by atoms with van der Waals surface area (Å²) in [6, 6.07) is 19.2. The third kappa shape index (κ3) is 3.18. The maximum Gasteiger partial charge on any atom is 0.305 e. The van der Waals surface area contributed by atoms with E-state index in [1.807, 2.05) is 36.4 Å². The van der Waals surface area contributed by atoms with Crippen molar-refractivity contribution >= 4 is 46.5 Å². The van der Waals surface area contributed by atoms with Gasteiger partial charge < -0.3 is 10.3 Å². The lowest BCUT2D eigenvalue weighted by molar-refractivity contribution is -0.143. The molecule has 7 atom stereocenters. The average Bonchev–Trinajstić information content (AvgIpc) is 3.61. The van der Waals surface area contributed by atoms with Crippen molar-refractivity contribution in [1.82, 2.24) is 9.88 Å². The summed E-state index contributed by atoms with van der Waals surface area (Å²) >= 11 is 2.93. The Hall–Kier alpha value is -3.17. The first kappa shape index (κ1) is 22.1. The van der Waals surface area contributed by atoms with Gasteiger partial charge in [0.2, 0.25) is 17.7 Å². The summed E-state index contributed by atoms with van der Waals surface area (Å²) in [7, 11) is 0. The number of aromatic amines is 1. The van der Waals surface area contributed by atoms with E-state index in [9.17, 15) is 19.2 Å². The number of rotatable bonds is 4. The maximum atomic E-state index is 13.6. The number of imide groups is 1. The molecule has 3 fully saturated rings. The van der Waals surface area contributed by atoms with Crippen LogP contribution in [0.1, 0.15) is 22.8 Å². The predicted octanol–water partition coefficient (Wildman–Crippen LogP) is 3.55. The third-order valence-electron chi connectivity index (χ3n) is 8.33. The largest absolute Gasteiger partial charge is 0.325 e. The van der Waals surface area contributed by atoms with Crippen LogP contribution < -0.4 is 10.2 Å². The molecule has 4 aliphatic rings. The van der Waals surface area contributed by atoms with E-state index in [1.165, 1.54) is 16.2 Å². The van der Waals surface area contributed by atoms with Gasteiger partial charge in [0.1, 0.15) is 6.54 Å². The van der Waals surface area contributed by atoms with Gasteiger partial charge in [0.15, 0.2) is 0 Å². The van der Waals surface area contributed by atoms with E-state index in [1.54, 1.807) is 23.9 Å². The first-order valence-corrected chi connectivity index (χ1v) is 13.9. The number of H-pyrrole nitrogens is 1. The van der Waals surface area contributed by atoms with Crippen molar-refractivity contribution in [2.75, 3.05) is 11.9 Å². The molecule has 7 unspecified atom stereocenters. The number of thioether (sulfide) groups is 1. The molecule has 182 valence electrons. The van der Waals surface area contributed by atoms with Gasteiger partial charge in [-0.05, 0) is 41.9 Å². The Morgan fingerprint density at radius 3 is 2.33 bits per heavy atom. The fraction of sp³-hybridized carbons (Fsp3) is 0.333. The molecule has 3 aromatic rings. The number of likely N-dealkylation sites (tertiary alicyclic amines) is 1. The Kier molecular flexibility index (Phi) is 5.01. The van der Waals surface area contributed by atoms with E-state index in [-0.39, 0.29) is 64.0 Å². The number of nitrogens with one attached hydrogen (secondary N) is 2.